The maximum Gasteiger partial charge on any atom is 0.266 e. The lowest BCUT2D eigenvalue weighted by atomic mass is 10.1. The summed E-state index contributed by atoms with van der Waals surface area (Å²) in [6.07, 6.45) is 1.77. The predicted octanol–water partition coefficient (Wildman–Crippen LogP) is 4.33. The van der Waals surface area contributed by atoms with Gasteiger partial charge in [-0.15, -0.1) is 0 Å². The van der Waals surface area contributed by atoms with E-state index >= 15 is 0 Å². The molecule has 1 aliphatic rings. The van der Waals surface area contributed by atoms with Crippen molar-refractivity contribution >= 4 is 51.9 Å². The lowest BCUT2D eigenvalue weighted by Crippen LogP contribution is -2.34. The Morgan fingerprint density at radius 3 is 2.44 bits per heavy atom. The van der Waals surface area contributed by atoms with Gasteiger partial charge < -0.3 is 19.5 Å². The Bertz CT molecular complexity index is 1050. The third kappa shape index (κ3) is 5.60. The summed E-state index contributed by atoms with van der Waals surface area (Å²) in [5.74, 6) is 1.17. The van der Waals surface area contributed by atoms with Crippen molar-refractivity contribution in [3.05, 3.63) is 52.9 Å². The minimum absolute atomic E-state index is 0.00257. The zero-order chi connectivity index (χ0) is 23.3. The van der Waals surface area contributed by atoms with Crippen LogP contribution in [0.2, 0.25) is 0 Å². The van der Waals surface area contributed by atoms with Crippen molar-refractivity contribution in [2.24, 2.45) is 0 Å². The van der Waals surface area contributed by atoms with E-state index in [0.717, 1.165) is 5.56 Å². The lowest BCUT2D eigenvalue weighted by Gasteiger charge is -2.18. The topological polar surface area (TPSA) is 77.1 Å². The molecule has 168 valence electrons. The van der Waals surface area contributed by atoms with Crippen LogP contribution in [0.4, 0.5) is 5.69 Å². The van der Waals surface area contributed by atoms with Crippen LogP contribution >= 0.6 is 24.0 Å². The van der Waals surface area contributed by atoms with Crippen molar-refractivity contribution in [1.82, 2.24) is 4.90 Å². The van der Waals surface area contributed by atoms with E-state index in [9.17, 15) is 9.59 Å². The first-order chi connectivity index (χ1) is 15.3. The molecule has 0 aliphatic carbocycles. The van der Waals surface area contributed by atoms with Crippen LogP contribution in [0, 0.1) is 0 Å². The molecular formula is C23H24N2O5S2. The number of rotatable bonds is 8. The molecule has 1 heterocycles. The van der Waals surface area contributed by atoms with Gasteiger partial charge in [0.25, 0.3) is 11.8 Å². The van der Waals surface area contributed by atoms with Gasteiger partial charge >= 0.3 is 0 Å². The summed E-state index contributed by atoms with van der Waals surface area (Å²) < 4.78 is 16.7. The van der Waals surface area contributed by atoms with E-state index in [1.807, 2.05) is 13.8 Å². The number of benzene rings is 2. The van der Waals surface area contributed by atoms with Crippen LogP contribution in [0.3, 0.4) is 0 Å². The Balaban J connectivity index is 1.65. The molecule has 2 amide bonds. The summed E-state index contributed by atoms with van der Waals surface area (Å²) in [6.45, 7) is 3.66. The maximum absolute atomic E-state index is 12.6. The number of nitrogens with zero attached hydrogens (tertiary/aromatic N) is 1. The number of carbonyl (C=O) groups is 2. The third-order valence-corrected chi connectivity index (χ3v) is 5.89. The fourth-order valence-electron chi connectivity index (χ4n) is 2.98. The summed E-state index contributed by atoms with van der Waals surface area (Å²) in [5.41, 5.74) is 1.40. The number of carbonyl (C=O) groups excluding carboxylic acids is 2. The highest BCUT2D eigenvalue weighted by Crippen LogP contribution is 2.35. The van der Waals surface area contributed by atoms with Gasteiger partial charge in [0.05, 0.1) is 19.1 Å². The molecule has 1 N–H and O–H groups in total. The first-order valence-electron chi connectivity index (χ1n) is 9.84. The monoisotopic (exact) mass is 472 g/mol. The molecule has 0 spiro atoms. The molecule has 32 heavy (non-hydrogen) atoms. The zero-order valence-corrected chi connectivity index (χ0v) is 19.8. The molecule has 9 heteroatoms. The molecule has 0 saturated carbocycles. The number of methoxy groups -OCH3 is 2. The second-order valence-corrected chi connectivity index (χ2v) is 8.80. The molecule has 1 fully saturated rings. The van der Waals surface area contributed by atoms with Crippen molar-refractivity contribution < 1.29 is 23.8 Å². The average Bonchev–Trinajstić information content (AvgIpc) is 3.06. The number of hydrogen-bond donors (Lipinski definition) is 1. The molecule has 2 aromatic carbocycles. The quantitative estimate of drug-likeness (QED) is 0.453. The van der Waals surface area contributed by atoms with E-state index in [0.29, 0.717) is 32.2 Å². The minimum atomic E-state index is -0.307. The standard InChI is InChI=1S/C23H24N2O5S2/c1-14(2)25-22(27)20(32-23(25)31)12-15-5-10-18(19(11-15)29-4)30-13-21(26)24-16-6-8-17(28-3)9-7-16/h5-12,14H,13H2,1-4H3,(H,24,26)/b20-12-. The highest BCUT2D eigenvalue weighted by Gasteiger charge is 2.33. The number of thioether (sulfide) groups is 1. The van der Waals surface area contributed by atoms with Crippen LogP contribution in [-0.2, 0) is 9.59 Å². The van der Waals surface area contributed by atoms with E-state index < -0.39 is 0 Å². The first kappa shape index (κ1) is 23.6. The van der Waals surface area contributed by atoms with Gasteiger partial charge in [0.1, 0.15) is 10.1 Å². The molecule has 1 aliphatic heterocycles. The van der Waals surface area contributed by atoms with E-state index in [4.69, 9.17) is 26.4 Å². The Kier molecular flexibility index (Phi) is 7.76. The average molecular weight is 473 g/mol. The largest absolute Gasteiger partial charge is 0.497 e. The fourth-order valence-corrected chi connectivity index (χ4v) is 4.51. The molecule has 0 atom stereocenters. The van der Waals surface area contributed by atoms with Crippen molar-refractivity contribution in [2.45, 2.75) is 19.9 Å². The van der Waals surface area contributed by atoms with E-state index in [2.05, 4.69) is 5.32 Å². The number of thiocarbonyl (C=S) groups is 1. The maximum atomic E-state index is 12.6. The molecule has 0 radical (unpaired) electrons. The normalized spacial score (nSPS) is 14.8. The summed E-state index contributed by atoms with van der Waals surface area (Å²) in [5, 5.41) is 2.76. The van der Waals surface area contributed by atoms with Crippen molar-refractivity contribution in [3.8, 4) is 17.2 Å². The first-order valence-corrected chi connectivity index (χ1v) is 11.1. The van der Waals surface area contributed by atoms with Gasteiger partial charge in [-0.3, -0.25) is 14.5 Å². The summed E-state index contributed by atoms with van der Waals surface area (Å²) in [4.78, 5) is 27.0. The molecule has 0 bridgehead atoms. The summed E-state index contributed by atoms with van der Waals surface area (Å²) in [6, 6.07) is 12.2. The van der Waals surface area contributed by atoms with Crippen molar-refractivity contribution in [3.63, 3.8) is 0 Å². The Labute approximate surface area is 196 Å². The number of anilines is 1. The highest BCUT2D eigenvalue weighted by molar-refractivity contribution is 8.26. The van der Waals surface area contributed by atoms with Gasteiger partial charge in [-0.25, -0.2) is 0 Å². The SMILES string of the molecule is COc1ccc(NC(=O)COc2ccc(/C=C3\SC(=S)N(C(C)C)C3=O)cc2OC)cc1. The van der Waals surface area contributed by atoms with E-state index in [1.165, 1.54) is 18.9 Å². The second kappa shape index (κ2) is 10.5. The van der Waals surface area contributed by atoms with Crippen LogP contribution in [0.25, 0.3) is 6.08 Å². The number of hydrogen-bond acceptors (Lipinski definition) is 7. The van der Waals surface area contributed by atoms with Gasteiger partial charge in [-0.2, -0.15) is 0 Å². The van der Waals surface area contributed by atoms with Crippen molar-refractivity contribution in [1.29, 1.82) is 0 Å². The van der Waals surface area contributed by atoms with Crippen LogP contribution in [-0.4, -0.2) is 47.9 Å². The Hall–Kier alpha value is -3.04. The lowest BCUT2D eigenvalue weighted by molar-refractivity contribution is -0.123. The molecule has 7 nitrogen and oxygen atoms in total. The van der Waals surface area contributed by atoms with Crippen LogP contribution < -0.4 is 19.5 Å². The molecule has 3 rings (SSSR count). The predicted molar refractivity (Wildman–Crippen MR) is 130 cm³/mol. The van der Waals surface area contributed by atoms with Gasteiger partial charge in [0, 0.05) is 11.7 Å². The summed E-state index contributed by atoms with van der Waals surface area (Å²) >= 11 is 6.59. The summed E-state index contributed by atoms with van der Waals surface area (Å²) in [7, 11) is 3.10. The van der Waals surface area contributed by atoms with Gasteiger partial charge in [0.15, 0.2) is 18.1 Å². The number of ether oxygens (including phenoxy) is 3. The highest BCUT2D eigenvalue weighted by atomic mass is 32.2. The van der Waals surface area contributed by atoms with Gasteiger partial charge in [-0.1, -0.05) is 30.0 Å². The van der Waals surface area contributed by atoms with Gasteiger partial charge in [-0.05, 0) is 61.9 Å². The fraction of sp³-hybridized carbons (Fsp3) is 0.261. The Morgan fingerprint density at radius 1 is 1.12 bits per heavy atom. The molecule has 0 aromatic heterocycles. The zero-order valence-electron chi connectivity index (χ0n) is 18.2. The third-order valence-electron chi connectivity index (χ3n) is 4.56. The van der Waals surface area contributed by atoms with Crippen LogP contribution in [0.15, 0.2) is 47.4 Å². The minimum Gasteiger partial charge on any atom is -0.497 e. The molecule has 0 unspecified atom stereocenters. The molecule has 1 saturated heterocycles. The van der Waals surface area contributed by atoms with Crippen molar-refractivity contribution in [2.75, 3.05) is 26.1 Å². The van der Waals surface area contributed by atoms with Crippen LogP contribution in [0.1, 0.15) is 19.4 Å². The molecule has 2 aromatic rings. The van der Waals surface area contributed by atoms with Crippen LogP contribution in [0.5, 0.6) is 17.2 Å². The number of amides is 2. The van der Waals surface area contributed by atoms with E-state index in [1.54, 1.807) is 60.6 Å². The van der Waals surface area contributed by atoms with E-state index in [-0.39, 0.29) is 24.5 Å². The smallest absolute Gasteiger partial charge is 0.266 e. The van der Waals surface area contributed by atoms with Gasteiger partial charge in [0.2, 0.25) is 0 Å². The number of nitrogens with one attached hydrogen (secondary N) is 1. The second-order valence-electron chi connectivity index (χ2n) is 7.12. The Morgan fingerprint density at radius 2 is 1.84 bits per heavy atom. The molecular weight excluding hydrogens is 448 g/mol.